The molecular formula is C11H15ClN6O. The van der Waals surface area contributed by atoms with Gasteiger partial charge in [-0.15, -0.1) is 0 Å². The normalized spacial score (nSPS) is 10.6. The number of aromatic nitrogens is 6. The van der Waals surface area contributed by atoms with Gasteiger partial charge in [0.05, 0.1) is 6.61 Å². The molecule has 19 heavy (non-hydrogen) atoms. The molecule has 0 unspecified atom stereocenters. The third-order valence-electron chi connectivity index (χ3n) is 2.43. The topological polar surface area (TPSA) is 78.6 Å². The zero-order valence-electron chi connectivity index (χ0n) is 10.7. The van der Waals surface area contributed by atoms with Crippen molar-refractivity contribution >= 4 is 11.6 Å². The Morgan fingerprint density at radius 1 is 1.21 bits per heavy atom. The SMILES string of the molecule is CCCCCCOc1nc(Cl)nc(-n2cncn2)n1. The van der Waals surface area contributed by atoms with E-state index < -0.39 is 0 Å². The van der Waals surface area contributed by atoms with Gasteiger partial charge in [-0.05, 0) is 18.0 Å². The van der Waals surface area contributed by atoms with Crippen LogP contribution in [0.4, 0.5) is 0 Å². The first-order valence-corrected chi connectivity index (χ1v) is 6.56. The van der Waals surface area contributed by atoms with Gasteiger partial charge in [0.1, 0.15) is 12.7 Å². The van der Waals surface area contributed by atoms with E-state index in [0.29, 0.717) is 12.6 Å². The molecule has 102 valence electrons. The standard InChI is InChI=1S/C11H15ClN6O/c1-2-3-4-5-6-19-11-16-9(12)15-10(17-11)18-8-13-7-14-18/h7-8H,2-6H2,1H3. The first-order valence-electron chi connectivity index (χ1n) is 6.19. The minimum Gasteiger partial charge on any atom is -0.463 e. The summed E-state index contributed by atoms with van der Waals surface area (Å²) in [5.74, 6) is 0.293. The fourth-order valence-corrected chi connectivity index (χ4v) is 1.64. The Morgan fingerprint density at radius 2 is 2.11 bits per heavy atom. The van der Waals surface area contributed by atoms with Crippen LogP contribution in [0, 0.1) is 0 Å². The highest BCUT2D eigenvalue weighted by Gasteiger charge is 2.08. The van der Waals surface area contributed by atoms with Gasteiger partial charge < -0.3 is 4.74 Å². The maximum Gasteiger partial charge on any atom is 0.322 e. The molecule has 0 saturated carbocycles. The maximum absolute atomic E-state index is 5.83. The van der Waals surface area contributed by atoms with Crippen LogP contribution in [0.25, 0.3) is 5.95 Å². The van der Waals surface area contributed by atoms with Gasteiger partial charge in [0, 0.05) is 0 Å². The highest BCUT2D eigenvalue weighted by Crippen LogP contribution is 2.11. The van der Waals surface area contributed by atoms with Crippen LogP contribution in [0.2, 0.25) is 5.28 Å². The van der Waals surface area contributed by atoms with Gasteiger partial charge in [0.2, 0.25) is 5.28 Å². The van der Waals surface area contributed by atoms with E-state index in [4.69, 9.17) is 16.3 Å². The number of rotatable bonds is 7. The van der Waals surface area contributed by atoms with Crippen LogP contribution in [0.15, 0.2) is 12.7 Å². The zero-order chi connectivity index (χ0) is 13.5. The Hall–Kier alpha value is -1.76. The van der Waals surface area contributed by atoms with Gasteiger partial charge in [-0.3, -0.25) is 0 Å². The van der Waals surface area contributed by atoms with Crippen molar-refractivity contribution in [3.8, 4) is 12.0 Å². The van der Waals surface area contributed by atoms with E-state index in [9.17, 15) is 0 Å². The van der Waals surface area contributed by atoms with Crippen molar-refractivity contribution in [2.75, 3.05) is 6.61 Å². The summed E-state index contributed by atoms with van der Waals surface area (Å²) >= 11 is 5.83. The van der Waals surface area contributed by atoms with Gasteiger partial charge in [0.25, 0.3) is 5.95 Å². The fourth-order valence-electron chi connectivity index (χ4n) is 1.49. The second-order valence-electron chi connectivity index (χ2n) is 3.94. The molecule has 2 aromatic heterocycles. The van der Waals surface area contributed by atoms with Crippen molar-refractivity contribution in [1.29, 1.82) is 0 Å². The summed E-state index contributed by atoms with van der Waals surface area (Å²) < 4.78 is 6.86. The molecule has 7 nitrogen and oxygen atoms in total. The van der Waals surface area contributed by atoms with Crippen molar-refractivity contribution in [3.63, 3.8) is 0 Å². The lowest BCUT2D eigenvalue weighted by molar-refractivity contribution is 0.280. The molecule has 2 heterocycles. The first kappa shape index (κ1) is 13.7. The van der Waals surface area contributed by atoms with Crippen molar-refractivity contribution in [1.82, 2.24) is 29.7 Å². The molecule has 0 spiro atoms. The van der Waals surface area contributed by atoms with Crippen LogP contribution in [0.3, 0.4) is 0 Å². The second-order valence-corrected chi connectivity index (χ2v) is 4.27. The van der Waals surface area contributed by atoms with E-state index in [2.05, 4.69) is 32.0 Å². The second kappa shape index (κ2) is 6.98. The molecule has 2 aromatic rings. The number of nitrogens with zero attached hydrogens (tertiary/aromatic N) is 6. The lowest BCUT2D eigenvalue weighted by Gasteiger charge is -2.05. The van der Waals surface area contributed by atoms with Crippen LogP contribution in [0.1, 0.15) is 32.6 Å². The predicted octanol–water partition coefficient (Wildman–Crippen LogP) is 2.06. The quantitative estimate of drug-likeness (QED) is 0.723. The highest BCUT2D eigenvalue weighted by atomic mass is 35.5. The zero-order valence-corrected chi connectivity index (χ0v) is 11.4. The van der Waals surface area contributed by atoms with Crippen molar-refractivity contribution < 1.29 is 4.74 Å². The van der Waals surface area contributed by atoms with Crippen LogP contribution in [-0.4, -0.2) is 36.3 Å². The van der Waals surface area contributed by atoms with E-state index in [-0.39, 0.29) is 11.3 Å². The molecule has 0 bridgehead atoms. The molecule has 0 saturated heterocycles. The molecule has 0 atom stereocenters. The number of unbranched alkanes of at least 4 members (excludes halogenated alkanes) is 3. The molecular weight excluding hydrogens is 268 g/mol. The molecule has 0 amide bonds. The van der Waals surface area contributed by atoms with Crippen molar-refractivity contribution in [2.24, 2.45) is 0 Å². The summed E-state index contributed by atoms with van der Waals surface area (Å²) in [6, 6.07) is 0.210. The molecule has 8 heteroatoms. The summed E-state index contributed by atoms with van der Waals surface area (Å²) in [6.45, 7) is 2.73. The van der Waals surface area contributed by atoms with Crippen molar-refractivity contribution in [2.45, 2.75) is 32.6 Å². The van der Waals surface area contributed by atoms with E-state index in [1.807, 2.05) is 0 Å². The van der Waals surface area contributed by atoms with Crippen molar-refractivity contribution in [3.05, 3.63) is 17.9 Å². The maximum atomic E-state index is 5.83. The predicted molar refractivity (Wildman–Crippen MR) is 69.4 cm³/mol. The van der Waals surface area contributed by atoms with Crippen LogP contribution >= 0.6 is 11.6 Å². The fraction of sp³-hybridized carbons (Fsp3) is 0.545. The van der Waals surface area contributed by atoms with Gasteiger partial charge in [-0.25, -0.2) is 4.98 Å². The van der Waals surface area contributed by atoms with Gasteiger partial charge in [-0.1, -0.05) is 26.2 Å². The molecule has 0 aliphatic rings. The smallest absolute Gasteiger partial charge is 0.322 e. The number of halogens is 1. The van der Waals surface area contributed by atoms with Gasteiger partial charge in [0.15, 0.2) is 0 Å². The van der Waals surface area contributed by atoms with Gasteiger partial charge >= 0.3 is 6.01 Å². The van der Waals surface area contributed by atoms with E-state index in [1.165, 1.54) is 30.2 Å². The Bertz CT molecular complexity index is 504. The monoisotopic (exact) mass is 282 g/mol. The summed E-state index contributed by atoms with van der Waals surface area (Å²) in [5, 5.41) is 4.00. The Labute approximate surface area is 116 Å². The van der Waals surface area contributed by atoms with Gasteiger partial charge in [-0.2, -0.15) is 24.7 Å². The summed E-state index contributed by atoms with van der Waals surface area (Å²) in [7, 11) is 0. The third kappa shape index (κ3) is 4.13. The molecule has 2 rings (SSSR count). The average Bonchev–Trinajstić information content (AvgIpc) is 2.92. The van der Waals surface area contributed by atoms with E-state index in [1.54, 1.807) is 0 Å². The lowest BCUT2D eigenvalue weighted by Crippen LogP contribution is -2.07. The van der Waals surface area contributed by atoms with Crippen LogP contribution < -0.4 is 4.74 Å². The van der Waals surface area contributed by atoms with Crippen LogP contribution in [-0.2, 0) is 0 Å². The minimum absolute atomic E-state index is 0.0732. The Morgan fingerprint density at radius 3 is 2.84 bits per heavy atom. The average molecular weight is 283 g/mol. The largest absolute Gasteiger partial charge is 0.463 e. The third-order valence-corrected chi connectivity index (χ3v) is 2.60. The number of hydrogen-bond donors (Lipinski definition) is 0. The first-order chi connectivity index (χ1) is 9.29. The minimum atomic E-state index is 0.0732. The van der Waals surface area contributed by atoms with E-state index >= 15 is 0 Å². The lowest BCUT2D eigenvalue weighted by atomic mass is 10.2. The molecule has 0 N–H and O–H groups in total. The Kier molecular flexibility index (Phi) is 5.02. The molecule has 0 aliphatic heterocycles. The molecule has 0 fully saturated rings. The molecule has 0 aliphatic carbocycles. The summed E-state index contributed by atoms with van der Waals surface area (Å²) in [4.78, 5) is 15.8. The number of hydrogen-bond acceptors (Lipinski definition) is 6. The number of ether oxygens (including phenoxy) is 1. The Balaban J connectivity index is 1.97. The molecule has 0 aromatic carbocycles. The summed E-state index contributed by atoms with van der Waals surface area (Å²) in [5.41, 5.74) is 0. The highest BCUT2D eigenvalue weighted by molar-refractivity contribution is 6.28. The summed E-state index contributed by atoms with van der Waals surface area (Å²) in [6.07, 6.45) is 7.36. The molecule has 0 radical (unpaired) electrons. The van der Waals surface area contributed by atoms with E-state index in [0.717, 1.165) is 12.8 Å². The van der Waals surface area contributed by atoms with Crippen LogP contribution in [0.5, 0.6) is 6.01 Å².